The minimum Gasteiger partial charge on any atom is -0.480 e. The number of hydrogen-bond acceptors (Lipinski definition) is 2. The Labute approximate surface area is 99.9 Å². The van der Waals surface area contributed by atoms with Gasteiger partial charge in [0.25, 0.3) is 0 Å². The molecular formula is C13H16FNO2. The fourth-order valence-electron chi connectivity index (χ4n) is 2.38. The van der Waals surface area contributed by atoms with E-state index in [9.17, 15) is 9.18 Å². The number of aliphatic carboxylic acids is 1. The zero-order valence-corrected chi connectivity index (χ0v) is 9.60. The third-order valence-corrected chi connectivity index (χ3v) is 3.27. The Hall–Kier alpha value is -1.42. The number of carbonyl (C=O) groups is 1. The van der Waals surface area contributed by atoms with Gasteiger partial charge in [-0.2, -0.15) is 0 Å². The normalized spacial score (nSPS) is 18.2. The molecule has 1 aromatic rings. The lowest BCUT2D eigenvalue weighted by Gasteiger charge is -2.30. The van der Waals surface area contributed by atoms with E-state index in [0.717, 1.165) is 31.5 Å². The smallest absolute Gasteiger partial charge is 0.317 e. The number of piperidine rings is 1. The molecule has 1 heterocycles. The number of carboxylic acids is 1. The molecule has 1 aliphatic rings. The zero-order valence-electron chi connectivity index (χ0n) is 9.60. The summed E-state index contributed by atoms with van der Waals surface area (Å²) in [5.41, 5.74) is 1.03. The Kier molecular flexibility index (Phi) is 3.74. The van der Waals surface area contributed by atoms with Crippen LogP contribution in [0.5, 0.6) is 0 Å². The van der Waals surface area contributed by atoms with Crippen LogP contribution >= 0.6 is 0 Å². The van der Waals surface area contributed by atoms with Crippen LogP contribution in [0.3, 0.4) is 0 Å². The number of benzene rings is 1. The van der Waals surface area contributed by atoms with Crippen LogP contribution in [-0.2, 0) is 4.79 Å². The molecule has 0 spiro atoms. The average Bonchev–Trinajstić information content (AvgIpc) is 2.29. The molecule has 0 amide bonds. The summed E-state index contributed by atoms with van der Waals surface area (Å²) in [5, 5.41) is 8.69. The van der Waals surface area contributed by atoms with Crippen molar-refractivity contribution in [1.82, 2.24) is 4.90 Å². The summed E-state index contributed by atoms with van der Waals surface area (Å²) in [4.78, 5) is 12.5. The van der Waals surface area contributed by atoms with Crippen molar-refractivity contribution in [3.05, 3.63) is 35.6 Å². The van der Waals surface area contributed by atoms with E-state index in [4.69, 9.17) is 5.11 Å². The third kappa shape index (κ3) is 3.27. The maximum Gasteiger partial charge on any atom is 0.317 e. The van der Waals surface area contributed by atoms with Crippen LogP contribution in [0.15, 0.2) is 24.3 Å². The van der Waals surface area contributed by atoms with Gasteiger partial charge in [-0.3, -0.25) is 9.69 Å². The second-order valence-electron chi connectivity index (χ2n) is 4.50. The van der Waals surface area contributed by atoms with Crippen LogP contribution < -0.4 is 0 Å². The monoisotopic (exact) mass is 237 g/mol. The van der Waals surface area contributed by atoms with E-state index in [0.29, 0.717) is 5.92 Å². The molecule has 4 heteroatoms. The van der Waals surface area contributed by atoms with Crippen molar-refractivity contribution in [2.45, 2.75) is 18.8 Å². The van der Waals surface area contributed by atoms with Crippen molar-refractivity contribution in [3.63, 3.8) is 0 Å². The minimum atomic E-state index is -0.783. The second-order valence-corrected chi connectivity index (χ2v) is 4.50. The van der Waals surface area contributed by atoms with Crippen molar-refractivity contribution in [3.8, 4) is 0 Å². The van der Waals surface area contributed by atoms with Gasteiger partial charge >= 0.3 is 5.97 Å². The molecule has 1 aliphatic heterocycles. The van der Waals surface area contributed by atoms with E-state index in [1.807, 2.05) is 11.0 Å². The summed E-state index contributed by atoms with van der Waals surface area (Å²) in [6, 6.07) is 6.70. The lowest BCUT2D eigenvalue weighted by atomic mass is 9.89. The van der Waals surface area contributed by atoms with Crippen molar-refractivity contribution >= 4 is 5.97 Å². The highest BCUT2D eigenvalue weighted by Gasteiger charge is 2.21. The summed E-state index contributed by atoms with van der Waals surface area (Å²) in [7, 11) is 0. The van der Waals surface area contributed by atoms with Gasteiger partial charge in [-0.25, -0.2) is 4.39 Å². The van der Waals surface area contributed by atoms with Crippen LogP contribution in [0.25, 0.3) is 0 Å². The Balaban J connectivity index is 1.93. The zero-order chi connectivity index (χ0) is 12.3. The van der Waals surface area contributed by atoms with Crippen LogP contribution in [0.2, 0.25) is 0 Å². The predicted molar refractivity (Wildman–Crippen MR) is 62.5 cm³/mol. The number of carboxylic acid groups (broad SMARTS) is 1. The molecule has 0 aromatic heterocycles. The molecule has 3 nitrogen and oxygen atoms in total. The molecule has 92 valence electrons. The molecule has 1 fully saturated rings. The van der Waals surface area contributed by atoms with Crippen LogP contribution in [0.4, 0.5) is 4.39 Å². The highest BCUT2D eigenvalue weighted by Crippen LogP contribution is 2.28. The Bertz CT molecular complexity index is 400. The molecule has 1 aromatic carbocycles. The van der Waals surface area contributed by atoms with Gasteiger partial charge in [0.15, 0.2) is 0 Å². The third-order valence-electron chi connectivity index (χ3n) is 3.27. The van der Waals surface area contributed by atoms with E-state index < -0.39 is 5.97 Å². The molecule has 0 atom stereocenters. The second kappa shape index (κ2) is 5.27. The van der Waals surface area contributed by atoms with Crippen molar-refractivity contribution in [2.75, 3.05) is 19.6 Å². The first-order chi connectivity index (χ1) is 8.15. The van der Waals surface area contributed by atoms with Crippen molar-refractivity contribution < 1.29 is 14.3 Å². The summed E-state index contributed by atoms with van der Waals surface area (Å²) in [6.45, 7) is 1.65. The van der Waals surface area contributed by atoms with E-state index in [-0.39, 0.29) is 12.4 Å². The standard InChI is InChI=1S/C13H16FNO2/c14-12-3-1-2-11(8-12)10-4-6-15(7-5-10)9-13(16)17/h1-3,8,10H,4-7,9H2,(H,16,17). The van der Waals surface area contributed by atoms with Gasteiger partial charge in [0, 0.05) is 0 Å². The minimum absolute atomic E-state index is 0.107. The van der Waals surface area contributed by atoms with Crippen LogP contribution in [0.1, 0.15) is 24.3 Å². The molecule has 17 heavy (non-hydrogen) atoms. The van der Waals surface area contributed by atoms with Gasteiger partial charge in [-0.15, -0.1) is 0 Å². The number of nitrogens with zero attached hydrogens (tertiary/aromatic N) is 1. The van der Waals surface area contributed by atoms with Gasteiger partial charge in [0.2, 0.25) is 0 Å². The van der Waals surface area contributed by atoms with Gasteiger partial charge in [-0.05, 0) is 49.5 Å². The molecule has 1 N–H and O–H groups in total. The van der Waals surface area contributed by atoms with Crippen molar-refractivity contribution in [1.29, 1.82) is 0 Å². The maximum absolute atomic E-state index is 13.1. The highest BCUT2D eigenvalue weighted by atomic mass is 19.1. The Morgan fingerprint density at radius 3 is 2.71 bits per heavy atom. The number of hydrogen-bond donors (Lipinski definition) is 1. The SMILES string of the molecule is O=C(O)CN1CCC(c2cccc(F)c2)CC1. The first-order valence-corrected chi connectivity index (χ1v) is 5.85. The first kappa shape index (κ1) is 12.0. The number of likely N-dealkylation sites (tertiary alicyclic amines) is 1. The molecule has 0 saturated carbocycles. The van der Waals surface area contributed by atoms with Gasteiger partial charge in [0.1, 0.15) is 5.82 Å². The topological polar surface area (TPSA) is 40.5 Å². The van der Waals surface area contributed by atoms with E-state index in [1.165, 1.54) is 6.07 Å². The maximum atomic E-state index is 13.1. The molecule has 0 unspecified atom stereocenters. The predicted octanol–water partition coefficient (Wildman–Crippen LogP) is 2.09. The van der Waals surface area contributed by atoms with Crippen LogP contribution in [-0.4, -0.2) is 35.6 Å². The molecule has 1 saturated heterocycles. The number of rotatable bonds is 3. The Morgan fingerprint density at radius 1 is 1.41 bits per heavy atom. The highest BCUT2D eigenvalue weighted by molar-refractivity contribution is 5.69. The molecule has 0 bridgehead atoms. The molecule has 0 radical (unpaired) electrons. The van der Waals surface area contributed by atoms with E-state index in [1.54, 1.807) is 12.1 Å². The fourth-order valence-corrected chi connectivity index (χ4v) is 2.38. The van der Waals surface area contributed by atoms with Crippen LogP contribution in [0, 0.1) is 5.82 Å². The summed E-state index contributed by atoms with van der Waals surface area (Å²) >= 11 is 0. The fraction of sp³-hybridized carbons (Fsp3) is 0.462. The van der Waals surface area contributed by atoms with E-state index in [2.05, 4.69) is 0 Å². The summed E-state index contributed by atoms with van der Waals surface area (Å²) in [6.07, 6.45) is 1.80. The molecule has 2 rings (SSSR count). The van der Waals surface area contributed by atoms with Gasteiger partial charge in [0.05, 0.1) is 6.54 Å². The summed E-state index contributed by atoms with van der Waals surface area (Å²) < 4.78 is 13.1. The lowest BCUT2D eigenvalue weighted by molar-refractivity contribution is -0.138. The Morgan fingerprint density at radius 2 is 2.12 bits per heavy atom. The average molecular weight is 237 g/mol. The lowest BCUT2D eigenvalue weighted by Crippen LogP contribution is -2.36. The molecule has 0 aliphatic carbocycles. The molecular weight excluding hydrogens is 221 g/mol. The van der Waals surface area contributed by atoms with E-state index >= 15 is 0 Å². The van der Waals surface area contributed by atoms with Crippen molar-refractivity contribution in [2.24, 2.45) is 0 Å². The van der Waals surface area contributed by atoms with Gasteiger partial charge in [-0.1, -0.05) is 12.1 Å². The first-order valence-electron chi connectivity index (χ1n) is 5.85. The van der Waals surface area contributed by atoms with Gasteiger partial charge < -0.3 is 5.11 Å². The summed E-state index contributed by atoms with van der Waals surface area (Å²) in [5.74, 6) is -0.625. The quantitative estimate of drug-likeness (QED) is 0.875. The number of halogens is 1. The largest absolute Gasteiger partial charge is 0.480 e.